The molecule has 0 amide bonds. The van der Waals surface area contributed by atoms with Crippen LogP contribution in [0.15, 0.2) is 0 Å². The summed E-state index contributed by atoms with van der Waals surface area (Å²) in [7, 11) is 0. The van der Waals surface area contributed by atoms with Crippen molar-refractivity contribution in [1.82, 2.24) is 0 Å². The number of rotatable bonds is 3. The van der Waals surface area contributed by atoms with Crippen molar-refractivity contribution >= 4 is 0 Å². The molecule has 0 unspecified atom stereocenters. The quantitative estimate of drug-likeness (QED) is 0.577. The molecule has 2 heteroatoms. The second-order valence-electron chi connectivity index (χ2n) is 4.00. The van der Waals surface area contributed by atoms with Gasteiger partial charge in [-0.1, -0.05) is 27.7 Å². The summed E-state index contributed by atoms with van der Waals surface area (Å²) in [5.74, 6) is 0.542. The van der Waals surface area contributed by atoms with Gasteiger partial charge in [-0.3, -0.25) is 0 Å². The fraction of sp³-hybridized carbons (Fsp3) is 1.00. The number of hydrogen-bond acceptors (Lipinski definition) is 1. The highest BCUT2D eigenvalue weighted by atomic mass is 19.1. The molecule has 1 fully saturated rings. The normalized spacial score (nSPS) is 33.0. The van der Waals surface area contributed by atoms with E-state index in [0.717, 1.165) is 0 Å². The first-order valence-electron chi connectivity index (χ1n) is 4.33. The van der Waals surface area contributed by atoms with Crippen LogP contribution in [0.4, 0.5) is 4.39 Å². The maximum Gasteiger partial charge on any atom is 0.131 e. The Bertz CT molecular complexity index is 134. The summed E-state index contributed by atoms with van der Waals surface area (Å²) in [6.07, 6.45) is -0.718. The largest absolute Gasteiger partial charge is 0.366 e. The van der Waals surface area contributed by atoms with Crippen molar-refractivity contribution in [2.45, 2.75) is 46.1 Å². The van der Waals surface area contributed by atoms with Gasteiger partial charge in [-0.25, -0.2) is 4.39 Å². The zero-order chi connectivity index (χ0) is 8.59. The molecule has 0 N–H and O–H groups in total. The molecular formula is C9H17FO. The summed E-state index contributed by atoms with van der Waals surface area (Å²) in [4.78, 5) is 0. The van der Waals surface area contributed by atoms with Crippen LogP contribution in [0.1, 0.15) is 27.7 Å². The fourth-order valence-electron chi connectivity index (χ4n) is 1.31. The van der Waals surface area contributed by atoms with E-state index in [1.54, 1.807) is 0 Å². The molecule has 1 heterocycles. The SMILES string of the molecule is CC(C)[C@H](F)[C@H]1O[C@H]1C(C)C. The van der Waals surface area contributed by atoms with Gasteiger partial charge in [0.05, 0.1) is 6.10 Å². The summed E-state index contributed by atoms with van der Waals surface area (Å²) < 4.78 is 18.4. The van der Waals surface area contributed by atoms with Crippen molar-refractivity contribution in [3.8, 4) is 0 Å². The molecule has 1 aliphatic rings. The van der Waals surface area contributed by atoms with Gasteiger partial charge in [-0.2, -0.15) is 0 Å². The average Bonchev–Trinajstić information content (AvgIpc) is 2.63. The molecule has 0 saturated carbocycles. The van der Waals surface area contributed by atoms with Crippen molar-refractivity contribution in [3.63, 3.8) is 0 Å². The Hall–Kier alpha value is -0.110. The first-order valence-corrected chi connectivity index (χ1v) is 4.33. The van der Waals surface area contributed by atoms with E-state index in [9.17, 15) is 4.39 Å². The number of epoxide rings is 1. The lowest BCUT2D eigenvalue weighted by atomic mass is 9.99. The molecule has 1 aliphatic heterocycles. The molecule has 1 rings (SSSR count). The summed E-state index contributed by atoms with van der Waals surface area (Å²) in [6.45, 7) is 7.92. The molecule has 0 radical (unpaired) electrons. The van der Waals surface area contributed by atoms with E-state index in [0.29, 0.717) is 5.92 Å². The van der Waals surface area contributed by atoms with E-state index in [1.165, 1.54) is 0 Å². The van der Waals surface area contributed by atoms with Crippen LogP contribution >= 0.6 is 0 Å². The number of halogens is 1. The predicted molar refractivity (Wildman–Crippen MR) is 43.2 cm³/mol. The van der Waals surface area contributed by atoms with E-state index in [2.05, 4.69) is 13.8 Å². The summed E-state index contributed by atoms with van der Waals surface area (Å²) in [5.41, 5.74) is 0. The van der Waals surface area contributed by atoms with Crippen LogP contribution in [0.3, 0.4) is 0 Å². The summed E-state index contributed by atoms with van der Waals surface area (Å²) in [5, 5.41) is 0. The molecule has 1 nitrogen and oxygen atoms in total. The van der Waals surface area contributed by atoms with Gasteiger partial charge in [0.1, 0.15) is 12.3 Å². The van der Waals surface area contributed by atoms with E-state index < -0.39 is 6.17 Å². The second kappa shape index (κ2) is 3.10. The smallest absolute Gasteiger partial charge is 0.131 e. The van der Waals surface area contributed by atoms with Gasteiger partial charge in [-0.15, -0.1) is 0 Å². The van der Waals surface area contributed by atoms with Crippen LogP contribution < -0.4 is 0 Å². The lowest BCUT2D eigenvalue weighted by molar-refractivity contribution is 0.194. The predicted octanol–water partition coefficient (Wildman–Crippen LogP) is 2.40. The van der Waals surface area contributed by atoms with Crippen molar-refractivity contribution in [2.24, 2.45) is 11.8 Å². The second-order valence-corrected chi connectivity index (χ2v) is 4.00. The van der Waals surface area contributed by atoms with Gasteiger partial charge < -0.3 is 4.74 Å². The van der Waals surface area contributed by atoms with Crippen LogP contribution in [-0.2, 0) is 4.74 Å². The minimum absolute atomic E-state index is 0.0868. The molecule has 0 aromatic rings. The van der Waals surface area contributed by atoms with E-state index in [-0.39, 0.29) is 18.1 Å². The Kier molecular flexibility index (Phi) is 2.53. The highest BCUT2D eigenvalue weighted by Gasteiger charge is 2.47. The average molecular weight is 160 g/mol. The molecular weight excluding hydrogens is 143 g/mol. The topological polar surface area (TPSA) is 12.5 Å². The van der Waals surface area contributed by atoms with E-state index in [4.69, 9.17) is 4.74 Å². The van der Waals surface area contributed by atoms with Crippen molar-refractivity contribution in [2.75, 3.05) is 0 Å². The third-order valence-corrected chi connectivity index (χ3v) is 2.17. The Labute approximate surface area is 67.9 Å². The lowest BCUT2D eigenvalue weighted by Crippen LogP contribution is -2.19. The van der Waals surface area contributed by atoms with Gasteiger partial charge in [0.2, 0.25) is 0 Å². The molecule has 0 aliphatic carbocycles. The maximum atomic E-state index is 13.2. The molecule has 0 bridgehead atoms. The van der Waals surface area contributed by atoms with Crippen molar-refractivity contribution in [3.05, 3.63) is 0 Å². The first-order chi connectivity index (χ1) is 5.04. The van der Waals surface area contributed by atoms with Crippen LogP contribution in [0.25, 0.3) is 0 Å². The fourth-order valence-corrected chi connectivity index (χ4v) is 1.31. The molecule has 1 saturated heterocycles. The van der Waals surface area contributed by atoms with Gasteiger partial charge >= 0.3 is 0 Å². The number of alkyl halides is 1. The Balaban J connectivity index is 2.31. The van der Waals surface area contributed by atoms with Crippen molar-refractivity contribution < 1.29 is 9.13 Å². The minimum Gasteiger partial charge on any atom is -0.366 e. The first kappa shape index (κ1) is 8.98. The Morgan fingerprint density at radius 2 is 1.64 bits per heavy atom. The molecule has 11 heavy (non-hydrogen) atoms. The molecule has 3 atom stereocenters. The monoisotopic (exact) mass is 160 g/mol. The van der Waals surface area contributed by atoms with Crippen molar-refractivity contribution in [1.29, 1.82) is 0 Å². The third-order valence-electron chi connectivity index (χ3n) is 2.17. The molecule has 0 aromatic carbocycles. The van der Waals surface area contributed by atoms with Gasteiger partial charge in [0.15, 0.2) is 0 Å². The lowest BCUT2D eigenvalue weighted by Gasteiger charge is -2.08. The molecule has 0 spiro atoms. The third kappa shape index (κ3) is 1.92. The Morgan fingerprint density at radius 3 is 1.91 bits per heavy atom. The number of ether oxygens (including phenoxy) is 1. The van der Waals surface area contributed by atoms with E-state index >= 15 is 0 Å². The standard InChI is InChI=1S/C9H17FO/c1-5(2)7(10)9-8(11-9)6(3)4/h5-9H,1-4H3/t7-,8-,9+/m0/s1. The van der Waals surface area contributed by atoms with Crippen LogP contribution in [0.2, 0.25) is 0 Å². The molecule has 0 aromatic heterocycles. The minimum atomic E-state index is -0.776. The number of hydrogen-bond donors (Lipinski definition) is 0. The molecule has 66 valence electrons. The zero-order valence-electron chi connectivity index (χ0n) is 7.67. The summed E-state index contributed by atoms with van der Waals surface area (Å²) >= 11 is 0. The Morgan fingerprint density at radius 1 is 1.09 bits per heavy atom. The van der Waals surface area contributed by atoms with Crippen LogP contribution in [0.5, 0.6) is 0 Å². The van der Waals surface area contributed by atoms with Gasteiger partial charge in [0, 0.05) is 0 Å². The van der Waals surface area contributed by atoms with Gasteiger partial charge in [-0.05, 0) is 11.8 Å². The van der Waals surface area contributed by atoms with Crippen LogP contribution in [0, 0.1) is 11.8 Å². The highest BCUT2D eigenvalue weighted by molar-refractivity contribution is 4.93. The zero-order valence-corrected chi connectivity index (χ0v) is 7.67. The summed E-state index contributed by atoms with van der Waals surface area (Å²) in [6, 6.07) is 0. The van der Waals surface area contributed by atoms with Crippen LogP contribution in [-0.4, -0.2) is 18.4 Å². The highest BCUT2D eigenvalue weighted by Crippen LogP contribution is 2.35. The maximum absolute atomic E-state index is 13.2. The van der Waals surface area contributed by atoms with E-state index in [1.807, 2.05) is 13.8 Å². The van der Waals surface area contributed by atoms with Gasteiger partial charge in [0.25, 0.3) is 0 Å².